The summed E-state index contributed by atoms with van der Waals surface area (Å²) in [4.78, 5) is 5.52. The minimum Gasteiger partial charge on any atom is -0.367 e. The lowest BCUT2D eigenvalue weighted by Gasteiger charge is -2.29. The summed E-state index contributed by atoms with van der Waals surface area (Å²) in [6, 6.07) is 2.61. The molecule has 1 aromatic heterocycles. The van der Waals surface area contributed by atoms with Gasteiger partial charge < -0.3 is 15.6 Å². The highest BCUT2D eigenvalue weighted by Crippen LogP contribution is 2.24. The first kappa shape index (κ1) is 11.7. The van der Waals surface area contributed by atoms with Crippen molar-refractivity contribution in [2.45, 2.75) is 38.3 Å². The average molecular weight is 221 g/mol. The van der Waals surface area contributed by atoms with E-state index in [-0.39, 0.29) is 0 Å². The van der Waals surface area contributed by atoms with Crippen molar-refractivity contribution in [1.82, 2.24) is 9.88 Å². The van der Waals surface area contributed by atoms with E-state index in [0.29, 0.717) is 6.04 Å². The van der Waals surface area contributed by atoms with Gasteiger partial charge in [0.05, 0.1) is 0 Å². The zero-order valence-corrected chi connectivity index (χ0v) is 10.2. The highest BCUT2D eigenvalue weighted by molar-refractivity contribution is 5.07. The number of aromatic nitrogens is 1. The Morgan fingerprint density at radius 2 is 2.12 bits per heavy atom. The third-order valence-corrected chi connectivity index (χ3v) is 3.58. The number of nitrogens with one attached hydrogen (secondary N) is 1. The van der Waals surface area contributed by atoms with Crippen LogP contribution in [0.25, 0.3) is 0 Å². The SMILES string of the molecule is CN(Cc1cc[nH]c1)CC1CCC(N)CC1. The minimum absolute atomic E-state index is 0.464. The average Bonchev–Trinajstić information content (AvgIpc) is 2.74. The monoisotopic (exact) mass is 221 g/mol. The van der Waals surface area contributed by atoms with Gasteiger partial charge in [-0.15, -0.1) is 0 Å². The molecule has 0 aromatic carbocycles. The van der Waals surface area contributed by atoms with Crippen LogP contribution < -0.4 is 5.73 Å². The normalized spacial score (nSPS) is 26.2. The highest BCUT2D eigenvalue weighted by atomic mass is 15.1. The predicted molar refractivity (Wildman–Crippen MR) is 67.1 cm³/mol. The number of hydrogen-bond acceptors (Lipinski definition) is 2. The maximum atomic E-state index is 5.92. The molecule has 1 aromatic rings. The maximum Gasteiger partial charge on any atom is 0.0245 e. The standard InChI is InChI=1S/C13H23N3/c1-16(10-12-6-7-15-8-12)9-11-2-4-13(14)5-3-11/h6-8,11,13,15H,2-5,9-10,14H2,1H3. The third-order valence-electron chi connectivity index (χ3n) is 3.58. The van der Waals surface area contributed by atoms with E-state index in [4.69, 9.17) is 5.73 Å². The van der Waals surface area contributed by atoms with Gasteiger partial charge >= 0.3 is 0 Å². The van der Waals surface area contributed by atoms with Crippen LogP contribution in [0.1, 0.15) is 31.2 Å². The van der Waals surface area contributed by atoms with E-state index in [2.05, 4.69) is 29.2 Å². The van der Waals surface area contributed by atoms with Crippen LogP contribution in [0.4, 0.5) is 0 Å². The van der Waals surface area contributed by atoms with Gasteiger partial charge in [0, 0.05) is 31.5 Å². The minimum atomic E-state index is 0.464. The molecular formula is C13H23N3. The molecule has 1 aliphatic carbocycles. The molecule has 0 unspecified atom stereocenters. The van der Waals surface area contributed by atoms with Gasteiger partial charge in [-0.2, -0.15) is 0 Å². The number of nitrogens with zero attached hydrogens (tertiary/aromatic N) is 1. The number of hydrogen-bond donors (Lipinski definition) is 2. The second-order valence-electron chi connectivity index (χ2n) is 5.20. The van der Waals surface area contributed by atoms with Crippen molar-refractivity contribution in [1.29, 1.82) is 0 Å². The maximum absolute atomic E-state index is 5.92. The van der Waals surface area contributed by atoms with Crippen LogP contribution in [0.3, 0.4) is 0 Å². The van der Waals surface area contributed by atoms with E-state index in [0.717, 1.165) is 12.5 Å². The van der Waals surface area contributed by atoms with Crippen LogP contribution in [-0.2, 0) is 6.54 Å². The van der Waals surface area contributed by atoms with E-state index in [1.54, 1.807) is 0 Å². The molecule has 90 valence electrons. The van der Waals surface area contributed by atoms with Gasteiger partial charge in [0.2, 0.25) is 0 Å². The third kappa shape index (κ3) is 3.35. The molecule has 3 N–H and O–H groups in total. The van der Waals surface area contributed by atoms with Crippen molar-refractivity contribution in [3.63, 3.8) is 0 Å². The van der Waals surface area contributed by atoms with Gasteiger partial charge in [-0.3, -0.25) is 0 Å². The molecule has 0 radical (unpaired) electrons. The molecule has 2 rings (SSSR count). The number of nitrogens with two attached hydrogens (primary N) is 1. The number of rotatable bonds is 4. The summed E-state index contributed by atoms with van der Waals surface area (Å²) in [5.41, 5.74) is 7.29. The van der Waals surface area contributed by atoms with Gasteiger partial charge in [-0.05, 0) is 50.3 Å². The van der Waals surface area contributed by atoms with Crippen LogP contribution in [0.5, 0.6) is 0 Å². The van der Waals surface area contributed by atoms with Crippen molar-refractivity contribution in [3.8, 4) is 0 Å². The van der Waals surface area contributed by atoms with Crippen LogP contribution in [0, 0.1) is 5.92 Å². The summed E-state index contributed by atoms with van der Waals surface area (Å²) < 4.78 is 0. The summed E-state index contributed by atoms with van der Waals surface area (Å²) in [7, 11) is 2.21. The zero-order chi connectivity index (χ0) is 11.4. The topological polar surface area (TPSA) is 45.0 Å². The molecule has 0 aliphatic heterocycles. The Hall–Kier alpha value is -0.800. The second kappa shape index (κ2) is 5.51. The molecule has 0 amide bonds. The Morgan fingerprint density at radius 1 is 1.38 bits per heavy atom. The second-order valence-corrected chi connectivity index (χ2v) is 5.20. The number of H-pyrrole nitrogens is 1. The predicted octanol–water partition coefficient (Wildman–Crippen LogP) is 1.96. The summed E-state index contributed by atoms with van der Waals surface area (Å²) in [5, 5.41) is 0. The molecule has 0 saturated heterocycles. The van der Waals surface area contributed by atoms with Crippen LogP contribution >= 0.6 is 0 Å². The lowest BCUT2D eigenvalue weighted by Crippen LogP contribution is -2.32. The molecule has 3 nitrogen and oxygen atoms in total. The Kier molecular flexibility index (Phi) is 4.02. The summed E-state index contributed by atoms with van der Waals surface area (Å²) in [6.45, 7) is 2.25. The molecule has 3 heteroatoms. The molecule has 0 atom stereocenters. The lowest BCUT2D eigenvalue weighted by atomic mass is 9.86. The van der Waals surface area contributed by atoms with E-state index in [1.807, 2.05) is 6.20 Å². The van der Waals surface area contributed by atoms with Crippen molar-refractivity contribution in [2.24, 2.45) is 11.7 Å². The Balaban J connectivity index is 1.72. The first-order chi connectivity index (χ1) is 7.74. The van der Waals surface area contributed by atoms with Crippen LogP contribution in [-0.4, -0.2) is 29.5 Å². The molecule has 1 aliphatic rings. The largest absolute Gasteiger partial charge is 0.367 e. The van der Waals surface area contributed by atoms with Crippen LogP contribution in [0.2, 0.25) is 0 Å². The van der Waals surface area contributed by atoms with E-state index in [9.17, 15) is 0 Å². The fraction of sp³-hybridized carbons (Fsp3) is 0.692. The number of aromatic amines is 1. The Labute approximate surface area is 98.0 Å². The molecule has 1 heterocycles. The van der Waals surface area contributed by atoms with Gasteiger partial charge in [-0.25, -0.2) is 0 Å². The van der Waals surface area contributed by atoms with Gasteiger partial charge in [0.15, 0.2) is 0 Å². The molecule has 1 saturated carbocycles. The summed E-state index contributed by atoms with van der Waals surface area (Å²) in [6.07, 6.45) is 9.10. The zero-order valence-electron chi connectivity index (χ0n) is 10.2. The first-order valence-corrected chi connectivity index (χ1v) is 6.30. The summed E-state index contributed by atoms with van der Waals surface area (Å²) in [5.74, 6) is 0.851. The highest BCUT2D eigenvalue weighted by Gasteiger charge is 2.19. The van der Waals surface area contributed by atoms with Crippen molar-refractivity contribution in [3.05, 3.63) is 24.0 Å². The van der Waals surface area contributed by atoms with E-state index in [1.165, 1.54) is 37.8 Å². The van der Waals surface area contributed by atoms with Crippen molar-refractivity contribution < 1.29 is 0 Å². The van der Waals surface area contributed by atoms with E-state index >= 15 is 0 Å². The molecular weight excluding hydrogens is 198 g/mol. The fourth-order valence-electron chi connectivity index (χ4n) is 2.64. The molecule has 0 spiro atoms. The van der Waals surface area contributed by atoms with Gasteiger partial charge in [-0.1, -0.05) is 0 Å². The van der Waals surface area contributed by atoms with Crippen molar-refractivity contribution >= 4 is 0 Å². The summed E-state index contributed by atoms with van der Waals surface area (Å²) >= 11 is 0. The van der Waals surface area contributed by atoms with Crippen molar-refractivity contribution in [2.75, 3.05) is 13.6 Å². The smallest absolute Gasteiger partial charge is 0.0245 e. The fourth-order valence-corrected chi connectivity index (χ4v) is 2.64. The van der Waals surface area contributed by atoms with E-state index < -0.39 is 0 Å². The molecule has 0 bridgehead atoms. The van der Waals surface area contributed by atoms with Gasteiger partial charge in [0.25, 0.3) is 0 Å². The lowest BCUT2D eigenvalue weighted by molar-refractivity contribution is 0.219. The quantitative estimate of drug-likeness (QED) is 0.816. The Morgan fingerprint density at radius 3 is 2.75 bits per heavy atom. The van der Waals surface area contributed by atoms with Gasteiger partial charge in [0.1, 0.15) is 0 Å². The van der Waals surface area contributed by atoms with Crippen LogP contribution in [0.15, 0.2) is 18.5 Å². The Bertz CT molecular complexity index is 286. The first-order valence-electron chi connectivity index (χ1n) is 6.30. The molecule has 16 heavy (non-hydrogen) atoms. The molecule has 1 fully saturated rings.